The van der Waals surface area contributed by atoms with Crippen molar-refractivity contribution >= 4 is 32.7 Å². The molecule has 0 amide bonds. The van der Waals surface area contributed by atoms with Gasteiger partial charge in [-0.05, 0) is 0 Å². The summed E-state index contributed by atoms with van der Waals surface area (Å²) in [6.07, 6.45) is 3.78. The van der Waals surface area contributed by atoms with Crippen LogP contribution in [0.1, 0.15) is 0 Å². The van der Waals surface area contributed by atoms with Crippen LogP contribution in [0.25, 0.3) is 10.8 Å². The molecule has 0 saturated carbocycles. The van der Waals surface area contributed by atoms with Gasteiger partial charge in [-0.3, -0.25) is 0 Å². The predicted molar refractivity (Wildman–Crippen MR) is 47.1 cm³/mol. The molecule has 0 aliphatic carbocycles. The van der Waals surface area contributed by atoms with Crippen LogP contribution in [0.3, 0.4) is 0 Å². The Bertz CT molecular complexity index is 379. The number of benzene rings is 1. The van der Waals surface area contributed by atoms with Crippen LogP contribution in [0.5, 0.6) is 0 Å². The van der Waals surface area contributed by atoms with E-state index in [0.717, 1.165) is 0 Å². The molecule has 0 bridgehead atoms. The maximum absolute atomic E-state index is 4.11. The molecule has 0 spiro atoms. The first-order chi connectivity index (χ1) is 5.38. The van der Waals surface area contributed by atoms with Gasteiger partial charge in [0.05, 0.1) is 0 Å². The van der Waals surface area contributed by atoms with Gasteiger partial charge in [-0.2, -0.15) is 0 Å². The Balaban J connectivity index is 2.91. The van der Waals surface area contributed by atoms with Crippen LogP contribution >= 0.6 is 0 Å². The van der Waals surface area contributed by atoms with E-state index in [2.05, 4.69) is 40.9 Å². The molecule has 0 aliphatic rings. The van der Waals surface area contributed by atoms with E-state index in [9.17, 15) is 0 Å². The molecule has 0 radical (unpaired) electrons. The van der Waals surface area contributed by atoms with Crippen molar-refractivity contribution in [1.29, 1.82) is 0 Å². The summed E-state index contributed by atoms with van der Waals surface area (Å²) in [4.78, 5) is 4.11. The van der Waals surface area contributed by atoms with Gasteiger partial charge in [-0.1, -0.05) is 0 Å². The van der Waals surface area contributed by atoms with Crippen molar-refractivity contribution in [2.75, 3.05) is 0 Å². The third kappa shape index (κ3) is 1.18. The molecule has 1 aromatic carbocycles. The van der Waals surface area contributed by atoms with Gasteiger partial charge in [-0.25, -0.2) is 0 Å². The van der Waals surface area contributed by atoms with Crippen LogP contribution in [0.2, 0.25) is 0 Å². The van der Waals surface area contributed by atoms with E-state index in [1.165, 1.54) is 15.0 Å². The average molecular weight is 135 g/mol. The predicted octanol–water partition coefficient (Wildman–Crippen LogP) is 1.03. The zero-order valence-corrected chi connectivity index (χ0v) is 6.41. The molecule has 2 rings (SSSR count). The number of hydrogen-bond donors (Lipinski definition) is 0. The summed E-state index contributed by atoms with van der Waals surface area (Å²) < 4.78 is 1.24. The van der Waals surface area contributed by atoms with Gasteiger partial charge in [-0.15, -0.1) is 0 Å². The van der Waals surface area contributed by atoms with E-state index in [4.69, 9.17) is 0 Å². The maximum atomic E-state index is 4.11. The summed E-state index contributed by atoms with van der Waals surface area (Å²) in [7, 11) is 0. The summed E-state index contributed by atoms with van der Waals surface area (Å²) in [6, 6.07) is 8.28. The minimum absolute atomic E-state index is 1.22. The van der Waals surface area contributed by atoms with Crippen molar-refractivity contribution in [3.8, 4) is 0 Å². The Labute approximate surface area is 74.7 Å². The zero-order chi connectivity index (χ0) is 7.68. The van der Waals surface area contributed by atoms with Gasteiger partial charge >= 0.3 is 74.4 Å². The van der Waals surface area contributed by atoms with Crippen molar-refractivity contribution < 1.29 is 0 Å². The van der Waals surface area contributed by atoms with Gasteiger partial charge in [0.15, 0.2) is 0 Å². The zero-order valence-electron chi connectivity index (χ0n) is 6.41. The first-order valence-electron chi connectivity index (χ1n) is 3.67. The third-order valence-electron chi connectivity index (χ3n) is 1.87. The first kappa shape index (κ1) is 6.91. The number of fused-ring (bicyclic) bond motifs is 1. The fraction of sp³-hybridized carbons (Fsp3) is 0. The van der Waals surface area contributed by atoms with Crippen LogP contribution in [0, 0.1) is 0 Å². The van der Waals surface area contributed by atoms with Gasteiger partial charge in [0, 0.05) is 0 Å². The topological polar surface area (TPSA) is 12.9 Å². The van der Waals surface area contributed by atoms with E-state index in [-0.39, 0.29) is 0 Å². The normalized spacial score (nSPS) is 10.4. The summed E-state index contributed by atoms with van der Waals surface area (Å²) >= 11 is 2.08. The summed E-state index contributed by atoms with van der Waals surface area (Å²) in [5.41, 5.74) is 0. The van der Waals surface area contributed by atoms with Gasteiger partial charge in [0.25, 0.3) is 0 Å². The molecule has 0 aliphatic heterocycles. The SMILES string of the molecule is [Li][c]1cncc2ccccc12. The average Bonchev–Trinajstić information content (AvgIpc) is 2.06. The Hall–Kier alpha value is -0.773. The second-order valence-corrected chi connectivity index (χ2v) is 2.68. The molecule has 1 aromatic heterocycles. The molecule has 48 valence electrons. The molecule has 0 fully saturated rings. The van der Waals surface area contributed by atoms with Gasteiger partial charge < -0.3 is 0 Å². The fourth-order valence-corrected chi connectivity index (χ4v) is 1.27. The molecule has 0 atom stereocenters. The second kappa shape index (κ2) is 2.69. The Morgan fingerprint density at radius 3 is 2.73 bits per heavy atom. The first-order valence-corrected chi connectivity index (χ1v) is 3.67. The van der Waals surface area contributed by atoms with Crippen LogP contribution in [0.4, 0.5) is 0 Å². The van der Waals surface area contributed by atoms with Gasteiger partial charge in [0.1, 0.15) is 0 Å². The molecule has 0 unspecified atom stereocenters. The van der Waals surface area contributed by atoms with Crippen LogP contribution < -0.4 is 4.24 Å². The number of rotatable bonds is 0. The number of aromatic nitrogens is 1. The Kier molecular flexibility index (Phi) is 1.69. The molecular weight excluding hydrogens is 129 g/mol. The Morgan fingerprint density at radius 1 is 1.09 bits per heavy atom. The van der Waals surface area contributed by atoms with E-state index in [0.29, 0.717) is 0 Å². The van der Waals surface area contributed by atoms with Crippen LogP contribution in [0.15, 0.2) is 36.7 Å². The molecule has 2 aromatic rings. The Morgan fingerprint density at radius 2 is 1.91 bits per heavy atom. The molecule has 11 heavy (non-hydrogen) atoms. The monoisotopic (exact) mass is 135 g/mol. The van der Waals surface area contributed by atoms with Crippen molar-refractivity contribution in [2.45, 2.75) is 0 Å². The standard InChI is InChI=1S/C9H6N.Li/c1-2-4-9-7-10-6-5-8(9)3-1;/h1-4,6-7H;. The van der Waals surface area contributed by atoms with E-state index in [1.807, 2.05) is 18.5 Å². The van der Waals surface area contributed by atoms with E-state index < -0.39 is 0 Å². The molecule has 0 saturated heterocycles. The van der Waals surface area contributed by atoms with Gasteiger partial charge in [0.2, 0.25) is 0 Å². The van der Waals surface area contributed by atoms with E-state index in [1.54, 1.807) is 0 Å². The molecule has 1 heterocycles. The summed E-state index contributed by atoms with van der Waals surface area (Å²) in [6.45, 7) is 0. The molecule has 1 nitrogen and oxygen atoms in total. The number of nitrogens with zero attached hydrogens (tertiary/aromatic N) is 1. The molecule has 2 heteroatoms. The van der Waals surface area contributed by atoms with Crippen molar-refractivity contribution in [2.24, 2.45) is 0 Å². The number of pyridine rings is 1. The van der Waals surface area contributed by atoms with E-state index >= 15 is 0 Å². The van der Waals surface area contributed by atoms with Crippen molar-refractivity contribution in [3.63, 3.8) is 0 Å². The summed E-state index contributed by atoms with van der Waals surface area (Å²) in [5.74, 6) is 0. The quantitative estimate of drug-likeness (QED) is 0.491. The second-order valence-electron chi connectivity index (χ2n) is 2.68. The fourth-order valence-electron chi connectivity index (χ4n) is 1.27. The minimum atomic E-state index is 1.22. The van der Waals surface area contributed by atoms with Crippen LogP contribution in [-0.4, -0.2) is 22.7 Å². The molecular formula is C9H6LiN. The third-order valence-corrected chi connectivity index (χ3v) is 1.87. The van der Waals surface area contributed by atoms with Crippen molar-refractivity contribution in [3.05, 3.63) is 36.7 Å². The van der Waals surface area contributed by atoms with Crippen LogP contribution in [-0.2, 0) is 0 Å². The molecule has 0 N–H and O–H groups in total. The number of hydrogen-bond acceptors (Lipinski definition) is 1. The summed E-state index contributed by atoms with van der Waals surface area (Å²) in [5, 5.41) is 2.51. The van der Waals surface area contributed by atoms with Crippen molar-refractivity contribution in [1.82, 2.24) is 4.98 Å².